The number of carboxylic acids is 1. The smallest absolute Gasteiger partial charge is 0.411 e. The van der Waals surface area contributed by atoms with Crippen LogP contribution < -0.4 is 0 Å². The molecule has 0 aromatic carbocycles. The number of carbonyl (C=O) groups excluding carboxylic acids is 1. The van der Waals surface area contributed by atoms with Gasteiger partial charge in [0.05, 0.1) is 0 Å². The van der Waals surface area contributed by atoms with Gasteiger partial charge >= 0.3 is 12.1 Å². The van der Waals surface area contributed by atoms with Crippen molar-refractivity contribution in [3.05, 3.63) is 0 Å². The number of carbonyl (C=O) groups is 2. The molecule has 0 fully saturated rings. The Bertz CT molecular complexity index is 335. The average molecular weight is 303 g/mol. The SMILES string of the molecule is CCN(C(=O)OC(C)(C)C)[C@@H](CCOCC(C)C)C(=O)O. The van der Waals surface area contributed by atoms with Crippen LogP contribution in [0.4, 0.5) is 4.79 Å². The highest BCUT2D eigenvalue weighted by Gasteiger charge is 2.31. The summed E-state index contributed by atoms with van der Waals surface area (Å²) in [4.78, 5) is 24.7. The fourth-order valence-electron chi connectivity index (χ4n) is 1.72. The Kier molecular flexibility index (Phi) is 8.32. The number of likely N-dealkylation sites (N-methyl/N-ethyl adjacent to an activating group) is 1. The monoisotopic (exact) mass is 303 g/mol. The Labute approximate surface area is 127 Å². The fourth-order valence-corrected chi connectivity index (χ4v) is 1.72. The lowest BCUT2D eigenvalue weighted by Crippen LogP contribution is -2.47. The molecule has 0 saturated heterocycles. The summed E-state index contributed by atoms with van der Waals surface area (Å²) < 4.78 is 10.7. The Morgan fingerprint density at radius 2 is 1.81 bits per heavy atom. The van der Waals surface area contributed by atoms with E-state index in [0.717, 1.165) is 0 Å². The molecule has 0 aliphatic carbocycles. The van der Waals surface area contributed by atoms with E-state index in [-0.39, 0.29) is 13.0 Å². The standard InChI is InChI=1S/C15H29NO5/c1-7-16(14(19)21-15(4,5)6)12(13(17)18)8-9-20-10-11(2)3/h11-12H,7-10H2,1-6H3,(H,17,18)/t12-/m0/s1. The van der Waals surface area contributed by atoms with E-state index in [0.29, 0.717) is 19.1 Å². The summed E-state index contributed by atoms with van der Waals surface area (Å²) in [6, 6.07) is -0.933. The highest BCUT2D eigenvalue weighted by atomic mass is 16.6. The van der Waals surface area contributed by atoms with Gasteiger partial charge in [-0.25, -0.2) is 9.59 Å². The first-order valence-electron chi connectivity index (χ1n) is 7.38. The molecule has 0 rings (SSSR count). The topological polar surface area (TPSA) is 76.1 Å². The van der Waals surface area contributed by atoms with Gasteiger partial charge in [0.1, 0.15) is 11.6 Å². The van der Waals surface area contributed by atoms with Crippen LogP contribution in [0.25, 0.3) is 0 Å². The summed E-state index contributed by atoms with van der Waals surface area (Å²) in [7, 11) is 0. The molecule has 1 atom stereocenters. The molecule has 0 unspecified atom stereocenters. The van der Waals surface area contributed by atoms with E-state index < -0.39 is 23.7 Å². The van der Waals surface area contributed by atoms with Crippen molar-refractivity contribution in [1.82, 2.24) is 4.90 Å². The van der Waals surface area contributed by atoms with Gasteiger partial charge in [-0.1, -0.05) is 13.8 Å². The number of rotatable bonds is 8. The van der Waals surface area contributed by atoms with Crippen molar-refractivity contribution in [2.75, 3.05) is 19.8 Å². The van der Waals surface area contributed by atoms with Crippen molar-refractivity contribution in [2.24, 2.45) is 5.92 Å². The number of carboxylic acid groups (broad SMARTS) is 1. The molecule has 1 N–H and O–H groups in total. The molecule has 0 radical (unpaired) electrons. The number of hydrogen-bond acceptors (Lipinski definition) is 4. The maximum atomic E-state index is 12.1. The zero-order valence-corrected chi connectivity index (χ0v) is 14.0. The normalized spacial score (nSPS) is 13.1. The quantitative estimate of drug-likeness (QED) is 0.698. The minimum absolute atomic E-state index is 0.245. The Balaban J connectivity index is 4.65. The molecule has 6 nitrogen and oxygen atoms in total. The lowest BCUT2D eigenvalue weighted by atomic mass is 10.2. The van der Waals surface area contributed by atoms with Gasteiger partial charge < -0.3 is 14.6 Å². The second-order valence-electron chi connectivity index (χ2n) is 6.38. The number of hydrogen-bond donors (Lipinski definition) is 1. The van der Waals surface area contributed by atoms with Gasteiger partial charge in [-0.15, -0.1) is 0 Å². The number of amides is 1. The third kappa shape index (κ3) is 8.55. The molecular weight excluding hydrogens is 274 g/mol. The van der Waals surface area contributed by atoms with Gasteiger partial charge in [0.2, 0.25) is 0 Å². The van der Waals surface area contributed by atoms with E-state index in [1.165, 1.54) is 4.90 Å². The van der Waals surface area contributed by atoms with Gasteiger partial charge in [-0.2, -0.15) is 0 Å². The third-order valence-corrected chi connectivity index (χ3v) is 2.62. The minimum atomic E-state index is -1.05. The number of nitrogens with zero attached hydrogens (tertiary/aromatic N) is 1. The van der Waals surface area contributed by atoms with Crippen LogP contribution in [0, 0.1) is 5.92 Å². The highest BCUT2D eigenvalue weighted by Crippen LogP contribution is 2.14. The van der Waals surface area contributed by atoms with Crippen molar-refractivity contribution in [3.63, 3.8) is 0 Å². The summed E-state index contributed by atoms with van der Waals surface area (Å²) in [5.41, 5.74) is -0.651. The molecule has 0 spiro atoms. The largest absolute Gasteiger partial charge is 0.480 e. The number of aliphatic carboxylic acids is 1. The van der Waals surface area contributed by atoms with E-state index in [1.807, 2.05) is 13.8 Å². The first-order chi connectivity index (χ1) is 9.58. The first-order valence-corrected chi connectivity index (χ1v) is 7.38. The van der Waals surface area contributed by atoms with Gasteiger partial charge in [-0.05, 0) is 33.6 Å². The highest BCUT2D eigenvalue weighted by molar-refractivity contribution is 5.80. The zero-order chi connectivity index (χ0) is 16.6. The Hall–Kier alpha value is -1.30. The molecule has 6 heteroatoms. The van der Waals surface area contributed by atoms with Gasteiger partial charge in [0, 0.05) is 26.2 Å². The Morgan fingerprint density at radius 1 is 1.24 bits per heavy atom. The van der Waals surface area contributed by atoms with E-state index in [4.69, 9.17) is 9.47 Å². The third-order valence-electron chi connectivity index (χ3n) is 2.62. The van der Waals surface area contributed by atoms with Crippen LogP contribution >= 0.6 is 0 Å². The van der Waals surface area contributed by atoms with Crippen LogP contribution in [0.3, 0.4) is 0 Å². The molecule has 124 valence electrons. The molecule has 0 heterocycles. The van der Waals surface area contributed by atoms with E-state index >= 15 is 0 Å². The molecule has 0 saturated carbocycles. The summed E-state index contributed by atoms with van der Waals surface area (Å²) in [5, 5.41) is 9.33. The lowest BCUT2D eigenvalue weighted by Gasteiger charge is -2.30. The van der Waals surface area contributed by atoms with Crippen molar-refractivity contribution < 1.29 is 24.2 Å². The van der Waals surface area contributed by atoms with Gasteiger partial charge in [-0.3, -0.25) is 4.90 Å². The summed E-state index contributed by atoms with van der Waals surface area (Å²) in [6.07, 6.45) is -0.365. The second-order valence-corrected chi connectivity index (χ2v) is 6.38. The lowest BCUT2D eigenvalue weighted by molar-refractivity contribution is -0.144. The summed E-state index contributed by atoms with van der Waals surface area (Å²) in [6.45, 7) is 12.2. The van der Waals surface area contributed by atoms with Crippen molar-refractivity contribution in [1.29, 1.82) is 0 Å². The predicted molar refractivity (Wildman–Crippen MR) is 80.3 cm³/mol. The van der Waals surface area contributed by atoms with Gasteiger partial charge in [0.15, 0.2) is 0 Å². The molecule has 21 heavy (non-hydrogen) atoms. The van der Waals surface area contributed by atoms with E-state index in [2.05, 4.69) is 0 Å². The molecule has 1 amide bonds. The van der Waals surface area contributed by atoms with E-state index in [9.17, 15) is 14.7 Å². The Morgan fingerprint density at radius 3 is 2.19 bits per heavy atom. The van der Waals surface area contributed by atoms with Crippen LogP contribution in [0.2, 0.25) is 0 Å². The molecular formula is C15H29NO5. The average Bonchev–Trinajstić information content (AvgIpc) is 2.29. The molecule has 0 aromatic rings. The van der Waals surface area contributed by atoms with Crippen LogP contribution in [0.5, 0.6) is 0 Å². The van der Waals surface area contributed by atoms with Crippen LogP contribution in [0.1, 0.15) is 48.0 Å². The maximum absolute atomic E-state index is 12.1. The first kappa shape index (κ1) is 19.7. The van der Waals surface area contributed by atoms with Crippen LogP contribution in [-0.4, -0.2) is 53.5 Å². The van der Waals surface area contributed by atoms with Crippen molar-refractivity contribution in [2.45, 2.75) is 59.6 Å². The fraction of sp³-hybridized carbons (Fsp3) is 0.867. The van der Waals surface area contributed by atoms with Crippen LogP contribution in [-0.2, 0) is 14.3 Å². The minimum Gasteiger partial charge on any atom is -0.480 e. The van der Waals surface area contributed by atoms with Crippen molar-refractivity contribution >= 4 is 12.1 Å². The molecule has 0 aliphatic rings. The van der Waals surface area contributed by atoms with E-state index in [1.54, 1.807) is 27.7 Å². The summed E-state index contributed by atoms with van der Waals surface area (Å²) in [5.74, 6) is -0.655. The molecule has 0 bridgehead atoms. The zero-order valence-electron chi connectivity index (χ0n) is 14.0. The molecule has 0 aliphatic heterocycles. The summed E-state index contributed by atoms with van der Waals surface area (Å²) >= 11 is 0. The molecule has 0 aromatic heterocycles. The van der Waals surface area contributed by atoms with Crippen LogP contribution in [0.15, 0.2) is 0 Å². The van der Waals surface area contributed by atoms with Gasteiger partial charge in [0.25, 0.3) is 0 Å². The second kappa shape index (κ2) is 8.87. The maximum Gasteiger partial charge on any atom is 0.411 e. The number of ether oxygens (including phenoxy) is 2. The van der Waals surface area contributed by atoms with Crippen molar-refractivity contribution in [3.8, 4) is 0 Å². The predicted octanol–water partition coefficient (Wildman–Crippen LogP) is 2.76.